The Morgan fingerprint density at radius 2 is 1.86 bits per heavy atom. The maximum Gasteiger partial charge on any atom is 0.387 e. The summed E-state index contributed by atoms with van der Waals surface area (Å²) in [5.41, 5.74) is -0.213. The molecule has 0 aromatic heterocycles. The normalized spacial score (nSPS) is 11.6. The maximum atomic E-state index is 12.6. The predicted octanol–water partition coefficient (Wildman–Crippen LogP) is 3.78. The third-order valence-electron chi connectivity index (χ3n) is 3.64. The van der Waals surface area contributed by atoms with Crippen LogP contribution in [0.2, 0.25) is 5.02 Å². The molecule has 0 aliphatic carbocycles. The number of nitrogens with zero attached hydrogens (tertiary/aromatic N) is 1. The number of aliphatic imine (C=N–C) groups is 1. The van der Waals surface area contributed by atoms with E-state index in [9.17, 15) is 13.6 Å². The Balaban J connectivity index is 0.00000729. The lowest BCUT2D eigenvalue weighted by molar-refractivity contribution is -0.128. The number of hydrogen-bond acceptors (Lipinski definition) is 3. The van der Waals surface area contributed by atoms with E-state index in [1.807, 2.05) is 27.7 Å². The third kappa shape index (κ3) is 9.22. The van der Waals surface area contributed by atoms with Crippen LogP contribution in [0.25, 0.3) is 0 Å². The first-order valence-corrected chi connectivity index (χ1v) is 9.11. The molecular weight excluding hydrogens is 505 g/mol. The lowest BCUT2D eigenvalue weighted by atomic mass is 9.92. The minimum absolute atomic E-state index is 0. The van der Waals surface area contributed by atoms with Crippen LogP contribution < -0.4 is 20.7 Å². The van der Waals surface area contributed by atoms with Crippen LogP contribution >= 0.6 is 35.6 Å². The van der Waals surface area contributed by atoms with E-state index in [2.05, 4.69) is 25.7 Å². The van der Waals surface area contributed by atoms with Gasteiger partial charge in [0.15, 0.2) is 5.96 Å². The van der Waals surface area contributed by atoms with Crippen LogP contribution in [0.1, 0.15) is 33.3 Å². The Labute approximate surface area is 186 Å². The van der Waals surface area contributed by atoms with E-state index < -0.39 is 12.0 Å². The number of ether oxygens (including phenoxy) is 1. The van der Waals surface area contributed by atoms with E-state index in [0.29, 0.717) is 36.2 Å². The molecule has 0 unspecified atom stereocenters. The van der Waals surface area contributed by atoms with Gasteiger partial charge in [-0.1, -0.05) is 11.6 Å². The molecule has 0 saturated carbocycles. The van der Waals surface area contributed by atoms with Crippen LogP contribution in [0.3, 0.4) is 0 Å². The van der Waals surface area contributed by atoms with Gasteiger partial charge in [0.05, 0.1) is 12.0 Å². The first-order chi connectivity index (χ1) is 12.7. The summed E-state index contributed by atoms with van der Waals surface area (Å²) in [6.07, 6.45) is 0. The minimum atomic E-state index is -2.93. The fourth-order valence-electron chi connectivity index (χ4n) is 2.17. The van der Waals surface area contributed by atoms with Gasteiger partial charge in [0.25, 0.3) is 0 Å². The highest BCUT2D eigenvalue weighted by Gasteiger charge is 2.27. The van der Waals surface area contributed by atoms with Crippen molar-refractivity contribution in [3.8, 4) is 5.75 Å². The number of hydrogen-bond donors (Lipinski definition) is 3. The molecule has 0 aliphatic heterocycles. The lowest BCUT2D eigenvalue weighted by Gasteiger charge is -2.25. The topological polar surface area (TPSA) is 74.8 Å². The second-order valence-electron chi connectivity index (χ2n) is 6.42. The van der Waals surface area contributed by atoms with Crippen molar-refractivity contribution in [2.45, 2.75) is 40.9 Å². The molecule has 0 spiro atoms. The van der Waals surface area contributed by atoms with Crippen molar-refractivity contribution in [2.75, 3.05) is 19.6 Å². The fraction of sp³-hybridized carbons (Fsp3) is 0.556. The standard InChI is InChI=1S/C18H27ClF2N4O2.HI/c1-5-22-15(26)18(3,4)11-25-17(23-6-2)24-10-12-9-13(19)7-8-14(12)27-16(20)21;/h7-9,16H,5-6,10-11H2,1-4H3,(H,22,26)(H2,23,24,25);1H. The SMILES string of the molecule is CCNC(=O)C(C)(C)CNC(=NCc1cc(Cl)ccc1OC(F)F)NCC.I. The van der Waals surface area contributed by atoms with Crippen molar-refractivity contribution >= 4 is 47.4 Å². The largest absolute Gasteiger partial charge is 0.434 e. The molecule has 0 bridgehead atoms. The van der Waals surface area contributed by atoms with Crippen molar-refractivity contribution < 1.29 is 18.3 Å². The molecule has 28 heavy (non-hydrogen) atoms. The zero-order chi connectivity index (χ0) is 20.4. The molecule has 0 saturated heterocycles. The van der Waals surface area contributed by atoms with E-state index in [1.54, 1.807) is 0 Å². The number of halogens is 4. The van der Waals surface area contributed by atoms with E-state index >= 15 is 0 Å². The van der Waals surface area contributed by atoms with E-state index in [0.717, 1.165) is 0 Å². The summed E-state index contributed by atoms with van der Waals surface area (Å²) >= 11 is 5.95. The number of guanidine groups is 1. The third-order valence-corrected chi connectivity index (χ3v) is 3.88. The van der Waals surface area contributed by atoms with Gasteiger partial charge in [0, 0.05) is 30.2 Å². The van der Waals surface area contributed by atoms with Crippen LogP contribution in [-0.2, 0) is 11.3 Å². The number of nitrogens with one attached hydrogen (secondary N) is 3. The van der Waals surface area contributed by atoms with Gasteiger partial charge in [-0.05, 0) is 45.9 Å². The molecule has 1 rings (SSSR count). The number of carbonyl (C=O) groups is 1. The highest BCUT2D eigenvalue weighted by Crippen LogP contribution is 2.25. The summed E-state index contributed by atoms with van der Waals surface area (Å²) in [7, 11) is 0. The molecule has 0 atom stereocenters. The van der Waals surface area contributed by atoms with E-state index in [1.165, 1.54) is 18.2 Å². The minimum Gasteiger partial charge on any atom is -0.434 e. The van der Waals surface area contributed by atoms with E-state index in [-0.39, 0.29) is 42.2 Å². The van der Waals surface area contributed by atoms with Gasteiger partial charge >= 0.3 is 6.61 Å². The fourth-order valence-corrected chi connectivity index (χ4v) is 2.37. The molecule has 1 aromatic rings. The summed E-state index contributed by atoms with van der Waals surface area (Å²) in [4.78, 5) is 16.5. The first-order valence-electron chi connectivity index (χ1n) is 8.73. The molecule has 1 amide bonds. The molecule has 3 N–H and O–H groups in total. The van der Waals surface area contributed by atoms with Crippen LogP contribution in [0.5, 0.6) is 5.75 Å². The van der Waals surface area contributed by atoms with Crippen molar-refractivity contribution in [2.24, 2.45) is 10.4 Å². The molecular formula is C18H28ClF2IN4O2. The highest BCUT2D eigenvalue weighted by atomic mass is 127. The van der Waals surface area contributed by atoms with E-state index in [4.69, 9.17) is 11.6 Å². The average molecular weight is 533 g/mol. The summed E-state index contributed by atoms with van der Waals surface area (Å²) in [5.74, 6) is 0.408. The zero-order valence-electron chi connectivity index (χ0n) is 16.4. The Morgan fingerprint density at radius 1 is 1.21 bits per heavy atom. The monoisotopic (exact) mass is 532 g/mol. The number of benzene rings is 1. The van der Waals surface area contributed by atoms with Crippen LogP contribution in [0, 0.1) is 5.41 Å². The summed E-state index contributed by atoms with van der Waals surface area (Å²) in [6.45, 7) is 6.05. The van der Waals surface area contributed by atoms with Crippen molar-refractivity contribution in [3.63, 3.8) is 0 Å². The molecule has 0 radical (unpaired) electrons. The van der Waals surface area contributed by atoms with Gasteiger partial charge in [-0.25, -0.2) is 4.99 Å². The summed E-state index contributed by atoms with van der Waals surface area (Å²) < 4.78 is 29.6. The average Bonchev–Trinajstić information content (AvgIpc) is 2.59. The van der Waals surface area contributed by atoms with Crippen molar-refractivity contribution in [1.82, 2.24) is 16.0 Å². The highest BCUT2D eigenvalue weighted by molar-refractivity contribution is 14.0. The summed E-state index contributed by atoms with van der Waals surface area (Å²) in [5, 5.41) is 9.35. The molecule has 160 valence electrons. The van der Waals surface area contributed by atoms with Gasteiger partial charge in [-0.15, -0.1) is 24.0 Å². The smallest absolute Gasteiger partial charge is 0.387 e. The van der Waals surface area contributed by atoms with Gasteiger partial charge < -0.3 is 20.7 Å². The lowest BCUT2D eigenvalue weighted by Crippen LogP contribution is -2.47. The molecule has 10 heteroatoms. The number of rotatable bonds is 9. The quantitative estimate of drug-likeness (QED) is 0.257. The Bertz CT molecular complexity index is 660. The predicted molar refractivity (Wildman–Crippen MR) is 119 cm³/mol. The number of carbonyl (C=O) groups excluding carboxylic acids is 1. The second-order valence-corrected chi connectivity index (χ2v) is 6.86. The molecule has 0 heterocycles. The summed E-state index contributed by atoms with van der Waals surface area (Å²) in [6, 6.07) is 4.40. The van der Waals surface area contributed by atoms with Gasteiger partial charge in [0.1, 0.15) is 5.75 Å². The van der Waals surface area contributed by atoms with Gasteiger partial charge in [-0.2, -0.15) is 8.78 Å². The Morgan fingerprint density at radius 3 is 2.43 bits per heavy atom. The van der Waals surface area contributed by atoms with Crippen LogP contribution in [0.4, 0.5) is 8.78 Å². The molecule has 1 aromatic carbocycles. The van der Waals surface area contributed by atoms with Crippen LogP contribution in [-0.4, -0.2) is 38.1 Å². The Kier molecular flexibility index (Phi) is 12.3. The second kappa shape index (κ2) is 13.0. The number of amides is 1. The first kappa shape index (κ1) is 26.6. The van der Waals surface area contributed by atoms with Crippen molar-refractivity contribution in [3.05, 3.63) is 28.8 Å². The van der Waals surface area contributed by atoms with Gasteiger partial charge in [-0.3, -0.25) is 4.79 Å². The Hall–Kier alpha value is -1.36. The number of alkyl halides is 2. The van der Waals surface area contributed by atoms with Crippen molar-refractivity contribution in [1.29, 1.82) is 0 Å². The van der Waals surface area contributed by atoms with Gasteiger partial charge in [0.2, 0.25) is 5.91 Å². The molecule has 0 fully saturated rings. The van der Waals surface area contributed by atoms with Crippen LogP contribution in [0.15, 0.2) is 23.2 Å². The maximum absolute atomic E-state index is 12.6. The molecule has 0 aliphatic rings. The molecule has 6 nitrogen and oxygen atoms in total. The zero-order valence-corrected chi connectivity index (χ0v) is 19.5.